The first-order valence-electron chi connectivity index (χ1n) is 12.0. The molecule has 2 heterocycles. The molecule has 4 rings (SSSR count). The van der Waals surface area contributed by atoms with Crippen LogP contribution in [-0.2, 0) is 31.1 Å². The fourth-order valence-electron chi connectivity index (χ4n) is 5.21. The number of nitrogens with one attached hydrogen (secondary N) is 2. The summed E-state index contributed by atoms with van der Waals surface area (Å²) in [7, 11) is -2.25. The Labute approximate surface area is 206 Å². The van der Waals surface area contributed by atoms with Crippen LogP contribution in [0.2, 0.25) is 0 Å². The Morgan fingerprint density at radius 1 is 1.20 bits per heavy atom. The van der Waals surface area contributed by atoms with Crippen LogP contribution >= 0.6 is 0 Å². The SMILES string of the molecule is COC(=O)NCC1(c2ccc(CC3[C@H](C)NC[C@@H](c4ccccc4)S3(=O)=O)c(F)c2)CCOCC1. The van der Waals surface area contributed by atoms with E-state index in [1.165, 1.54) is 13.2 Å². The summed E-state index contributed by atoms with van der Waals surface area (Å²) in [6, 6.07) is 13.9. The molecule has 2 aromatic carbocycles. The second kappa shape index (κ2) is 10.6. The van der Waals surface area contributed by atoms with Gasteiger partial charge in [0.2, 0.25) is 0 Å². The largest absolute Gasteiger partial charge is 0.453 e. The lowest BCUT2D eigenvalue weighted by atomic mass is 9.73. The maximum Gasteiger partial charge on any atom is 0.406 e. The van der Waals surface area contributed by atoms with Crippen molar-refractivity contribution in [3.8, 4) is 0 Å². The molecule has 35 heavy (non-hydrogen) atoms. The number of amides is 1. The van der Waals surface area contributed by atoms with E-state index in [9.17, 15) is 13.2 Å². The van der Waals surface area contributed by atoms with Crippen LogP contribution in [0.4, 0.5) is 9.18 Å². The second-order valence-corrected chi connectivity index (χ2v) is 11.8. The van der Waals surface area contributed by atoms with Crippen molar-refractivity contribution in [3.05, 3.63) is 71.0 Å². The van der Waals surface area contributed by atoms with Gasteiger partial charge in [0, 0.05) is 37.8 Å². The molecule has 0 saturated carbocycles. The van der Waals surface area contributed by atoms with Crippen molar-refractivity contribution < 1.29 is 27.1 Å². The van der Waals surface area contributed by atoms with Crippen molar-refractivity contribution in [3.63, 3.8) is 0 Å². The van der Waals surface area contributed by atoms with Crippen LogP contribution in [0.1, 0.15) is 41.7 Å². The Kier molecular flexibility index (Phi) is 7.78. The molecule has 2 aliphatic heterocycles. The van der Waals surface area contributed by atoms with Gasteiger partial charge in [0.25, 0.3) is 0 Å². The molecule has 190 valence electrons. The van der Waals surface area contributed by atoms with E-state index in [0.717, 1.165) is 11.1 Å². The average Bonchev–Trinajstić information content (AvgIpc) is 2.86. The highest BCUT2D eigenvalue weighted by Crippen LogP contribution is 2.37. The number of sulfone groups is 1. The van der Waals surface area contributed by atoms with E-state index in [1.54, 1.807) is 6.07 Å². The zero-order chi connectivity index (χ0) is 25.1. The molecule has 0 aromatic heterocycles. The lowest BCUT2D eigenvalue weighted by Gasteiger charge is -2.38. The van der Waals surface area contributed by atoms with Gasteiger partial charge >= 0.3 is 6.09 Å². The Bertz CT molecular complexity index is 1140. The summed E-state index contributed by atoms with van der Waals surface area (Å²) in [4.78, 5) is 11.7. The van der Waals surface area contributed by atoms with E-state index >= 15 is 4.39 Å². The Hall–Kier alpha value is -2.49. The lowest BCUT2D eigenvalue weighted by molar-refractivity contribution is 0.0493. The average molecular weight is 505 g/mol. The summed E-state index contributed by atoms with van der Waals surface area (Å²) >= 11 is 0. The molecule has 7 nitrogen and oxygen atoms in total. The van der Waals surface area contributed by atoms with Crippen molar-refractivity contribution in [1.29, 1.82) is 0 Å². The zero-order valence-corrected chi connectivity index (χ0v) is 20.9. The highest BCUT2D eigenvalue weighted by Gasteiger charge is 2.43. The minimum Gasteiger partial charge on any atom is -0.453 e. The van der Waals surface area contributed by atoms with Gasteiger partial charge in [0.15, 0.2) is 9.84 Å². The number of ether oxygens (including phenoxy) is 2. The van der Waals surface area contributed by atoms with Crippen molar-refractivity contribution in [2.24, 2.45) is 0 Å². The highest BCUT2D eigenvalue weighted by molar-refractivity contribution is 7.92. The first-order chi connectivity index (χ1) is 16.8. The van der Waals surface area contributed by atoms with Crippen LogP contribution in [-0.4, -0.2) is 59.2 Å². The fourth-order valence-corrected chi connectivity index (χ4v) is 7.57. The summed E-state index contributed by atoms with van der Waals surface area (Å²) in [5.41, 5.74) is 1.40. The normalized spacial score (nSPS) is 25.5. The van der Waals surface area contributed by atoms with Crippen molar-refractivity contribution in [2.75, 3.05) is 33.4 Å². The van der Waals surface area contributed by atoms with Crippen LogP contribution in [0.25, 0.3) is 0 Å². The first-order valence-corrected chi connectivity index (χ1v) is 13.6. The number of alkyl carbamates (subject to hydrolysis) is 1. The number of halogens is 1. The van der Waals surface area contributed by atoms with Gasteiger partial charge in [-0.15, -0.1) is 0 Å². The molecular weight excluding hydrogens is 471 g/mol. The molecule has 0 spiro atoms. The molecule has 9 heteroatoms. The second-order valence-electron chi connectivity index (χ2n) is 9.47. The molecule has 2 fully saturated rings. The van der Waals surface area contributed by atoms with Gasteiger partial charge in [0.05, 0.1) is 17.6 Å². The summed E-state index contributed by atoms with van der Waals surface area (Å²) in [5, 5.41) is 4.65. The number of hydrogen-bond acceptors (Lipinski definition) is 6. The summed E-state index contributed by atoms with van der Waals surface area (Å²) in [6.45, 7) is 3.50. The Morgan fingerprint density at radius 3 is 2.57 bits per heavy atom. The number of methoxy groups -OCH3 is 1. The predicted octanol–water partition coefficient (Wildman–Crippen LogP) is 3.29. The Balaban J connectivity index is 1.58. The number of carbonyl (C=O) groups is 1. The molecule has 0 aliphatic carbocycles. The van der Waals surface area contributed by atoms with Crippen LogP contribution in [0.15, 0.2) is 48.5 Å². The van der Waals surface area contributed by atoms with Crippen molar-refractivity contribution in [1.82, 2.24) is 10.6 Å². The van der Waals surface area contributed by atoms with E-state index < -0.39 is 37.7 Å². The van der Waals surface area contributed by atoms with E-state index in [0.29, 0.717) is 44.7 Å². The van der Waals surface area contributed by atoms with Crippen LogP contribution in [0.3, 0.4) is 0 Å². The zero-order valence-electron chi connectivity index (χ0n) is 20.1. The monoisotopic (exact) mass is 504 g/mol. The molecule has 0 bridgehead atoms. The van der Waals surface area contributed by atoms with Crippen LogP contribution in [0.5, 0.6) is 0 Å². The van der Waals surface area contributed by atoms with E-state index in [1.807, 2.05) is 43.3 Å². The van der Waals surface area contributed by atoms with E-state index in [2.05, 4.69) is 10.6 Å². The third-order valence-electron chi connectivity index (χ3n) is 7.47. The third-order valence-corrected chi connectivity index (χ3v) is 10.1. The molecule has 2 aromatic rings. The third kappa shape index (κ3) is 5.37. The predicted molar refractivity (Wildman–Crippen MR) is 132 cm³/mol. The number of carbonyl (C=O) groups excluding carboxylic acids is 1. The summed E-state index contributed by atoms with van der Waals surface area (Å²) in [5.74, 6) is -0.435. The van der Waals surface area contributed by atoms with Crippen LogP contribution < -0.4 is 10.6 Å². The number of benzene rings is 2. The van der Waals surface area contributed by atoms with Gasteiger partial charge in [0.1, 0.15) is 5.82 Å². The fraction of sp³-hybridized carbons (Fsp3) is 0.500. The minimum absolute atomic E-state index is 0.0858. The smallest absolute Gasteiger partial charge is 0.406 e. The highest BCUT2D eigenvalue weighted by atomic mass is 32.2. The van der Waals surface area contributed by atoms with Crippen molar-refractivity contribution in [2.45, 2.75) is 48.1 Å². The first kappa shape index (κ1) is 25.6. The Morgan fingerprint density at radius 2 is 1.91 bits per heavy atom. The maximum absolute atomic E-state index is 15.4. The van der Waals surface area contributed by atoms with Gasteiger partial charge in [-0.25, -0.2) is 17.6 Å². The standard InChI is InChI=1S/C26H33FN2O5S/c1-18-23(35(31,32)24(16-28-18)19-6-4-3-5-7-19)14-20-8-9-21(15-22(20)27)26(10-12-34-13-11-26)17-29-25(30)33-2/h3-9,15,18,23-24,28H,10-14,16-17H2,1-2H3,(H,29,30)/t18-,23?,24-/m0/s1. The molecule has 2 N–H and O–H groups in total. The van der Waals surface area contributed by atoms with E-state index in [4.69, 9.17) is 9.47 Å². The minimum atomic E-state index is -3.55. The van der Waals surface area contributed by atoms with Crippen molar-refractivity contribution >= 4 is 15.9 Å². The molecule has 0 radical (unpaired) electrons. The number of hydrogen-bond donors (Lipinski definition) is 2. The number of rotatable bonds is 6. The molecule has 2 aliphatic rings. The molecular formula is C26H33FN2O5S. The van der Waals surface area contributed by atoms with Gasteiger partial charge < -0.3 is 20.1 Å². The van der Waals surface area contributed by atoms with Gasteiger partial charge in [-0.3, -0.25) is 0 Å². The van der Waals surface area contributed by atoms with Gasteiger partial charge in [-0.2, -0.15) is 0 Å². The molecule has 1 unspecified atom stereocenters. The lowest BCUT2D eigenvalue weighted by Crippen LogP contribution is -2.53. The maximum atomic E-state index is 15.4. The topological polar surface area (TPSA) is 93.7 Å². The quantitative estimate of drug-likeness (QED) is 0.627. The summed E-state index contributed by atoms with van der Waals surface area (Å²) in [6.07, 6.45) is 0.812. The van der Waals surface area contributed by atoms with E-state index in [-0.39, 0.29) is 12.5 Å². The molecule has 3 atom stereocenters. The molecule has 2 saturated heterocycles. The van der Waals surface area contributed by atoms with Gasteiger partial charge in [-0.1, -0.05) is 42.5 Å². The summed E-state index contributed by atoms with van der Waals surface area (Å²) < 4.78 is 52.7. The van der Waals surface area contributed by atoms with Crippen LogP contribution in [0, 0.1) is 5.82 Å². The van der Waals surface area contributed by atoms with Gasteiger partial charge in [-0.05, 0) is 48.9 Å². The molecule has 1 amide bonds.